The highest BCUT2D eigenvalue weighted by atomic mass is 32.2. The van der Waals surface area contributed by atoms with Gasteiger partial charge in [0.25, 0.3) is 0 Å². The molecule has 2 aromatic rings. The van der Waals surface area contributed by atoms with Crippen molar-refractivity contribution in [3.63, 3.8) is 0 Å². The van der Waals surface area contributed by atoms with Crippen LogP contribution in [0.15, 0.2) is 52.4 Å². The van der Waals surface area contributed by atoms with Gasteiger partial charge in [-0.05, 0) is 29.8 Å². The van der Waals surface area contributed by atoms with E-state index in [-0.39, 0.29) is 24.4 Å². The molecule has 0 amide bonds. The van der Waals surface area contributed by atoms with Crippen molar-refractivity contribution in [3.05, 3.63) is 48.0 Å². The van der Waals surface area contributed by atoms with Crippen molar-refractivity contribution >= 4 is 29.6 Å². The lowest BCUT2D eigenvalue weighted by molar-refractivity contribution is -0.137. The van der Waals surface area contributed by atoms with Crippen LogP contribution in [0.4, 0.5) is 5.69 Å². The summed E-state index contributed by atoms with van der Waals surface area (Å²) in [6.45, 7) is 0.222. The van der Waals surface area contributed by atoms with Crippen molar-refractivity contribution in [2.45, 2.75) is 16.6 Å². The topological polar surface area (TPSA) is 68.1 Å². The smallest absolute Gasteiger partial charge is 0.304 e. The first kappa shape index (κ1) is 15.1. The molecule has 2 unspecified atom stereocenters. The van der Waals surface area contributed by atoms with Gasteiger partial charge in [-0.15, -0.1) is 11.8 Å². The molecule has 24 heavy (non-hydrogen) atoms. The zero-order valence-electron chi connectivity index (χ0n) is 12.7. The van der Waals surface area contributed by atoms with Gasteiger partial charge in [-0.2, -0.15) is 0 Å². The molecule has 0 spiro atoms. The minimum absolute atomic E-state index is 0.0313. The number of aliphatic imine (C=N–C) groups is 1. The van der Waals surface area contributed by atoms with Crippen LogP contribution in [0.2, 0.25) is 0 Å². The lowest BCUT2D eigenvalue weighted by Gasteiger charge is -2.22. The predicted octanol–water partition coefficient (Wildman–Crippen LogP) is 4.06. The Labute approximate surface area is 143 Å². The second-order valence-corrected chi connectivity index (χ2v) is 6.84. The number of thioether (sulfide) groups is 1. The van der Waals surface area contributed by atoms with Gasteiger partial charge in [0, 0.05) is 22.3 Å². The number of carbonyl (C=O) groups is 1. The van der Waals surface area contributed by atoms with E-state index in [0.29, 0.717) is 5.75 Å². The van der Waals surface area contributed by atoms with Gasteiger partial charge in [-0.1, -0.05) is 18.2 Å². The molecule has 2 heterocycles. The second kappa shape index (κ2) is 6.20. The molecule has 0 radical (unpaired) electrons. The number of aliphatic carboxylic acids is 1. The van der Waals surface area contributed by atoms with Crippen molar-refractivity contribution in [2.75, 3.05) is 6.79 Å². The van der Waals surface area contributed by atoms with Gasteiger partial charge >= 0.3 is 5.97 Å². The van der Waals surface area contributed by atoms with Crippen molar-refractivity contribution < 1.29 is 19.4 Å². The second-order valence-electron chi connectivity index (χ2n) is 5.66. The predicted molar refractivity (Wildman–Crippen MR) is 91.5 cm³/mol. The number of hydrogen-bond donors (Lipinski definition) is 1. The summed E-state index contributed by atoms with van der Waals surface area (Å²) in [6.07, 6.45) is 1.80. The fourth-order valence-electron chi connectivity index (χ4n) is 2.91. The third-order valence-electron chi connectivity index (χ3n) is 4.05. The average Bonchev–Trinajstić information content (AvgIpc) is 2.97. The van der Waals surface area contributed by atoms with Crippen LogP contribution in [0.5, 0.6) is 11.5 Å². The molecule has 6 heteroatoms. The van der Waals surface area contributed by atoms with Crippen LogP contribution in [0.25, 0.3) is 0 Å². The standard InChI is InChI=1S/C18H15NO4S/c20-17(21)8-12-9-19-13-3-1-2-4-16(13)24-18(12)11-5-6-14-15(7-11)23-10-22-14/h1-7,9,12,18H,8,10H2,(H,20,21). The van der Waals surface area contributed by atoms with E-state index in [1.807, 2.05) is 42.5 Å². The molecule has 2 aromatic carbocycles. The van der Waals surface area contributed by atoms with Gasteiger partial charge in [-0.25, -0.2) is 0 Å². The Balaban J connectivity index is 1.74. The average molecular weight is 341 g/mol. The quantitative estimate of drug-likeness (QED) is 0.912. The van der Waals surface area contributed by atoms with Crippen molar-refractivity contribution in [2.24, 2.45) is 10.9 Å². The van der Waals surface area contributed by atoms with E-state index in [2.05, 4.69) is 4.99 Å². The van der Waals surface area contributed by atoms with Gasteiger partial charge in [-0.3, -0.25) is 9.79 Å². The number of ether oxygens (including phenoxy) is 2. The number of benzene rings is 2. The Morgan fingerprint density at radius 1 is 1.21 bits per heavy atom. The van der Waals surface area contributed by atoms with E-state index < -0.39 is 5.97 Å². The summed E-state index contributed by atoms with van der Waals surface area (Å²) in [5.74, 6) is 0.391. The van der Waals surface area contributed by atoms with Gasteiger partial charge in [0.2, 0.25) is 6.79 Å². The van der Waals surface area contributed by atoms with Gasteiger partial charge in [0.15, 0.2) is 11.5 Å². The number of rotatable bonds is 3. The summed E-state index contributed by atoms with van der Waals surface area (Å²) < 4.78 is 10.8. The summed E-state index contributed by atoms with van der Waals surface area (Å²) in [5.41, 5.74) is 1.89. The van der Waals surface area contributed by atoms with Gasteiger partial charge in [0.05, 0.1) is 12.1 Å². The molecule has 2 atom stereocenters. The Bertz CT molecular complexity index is 820. The van der Waals surface area contributed by atoms with Crippen LogP contribution in [0, 0.1) is 5.92 Å². The van der Waals surface area contributed by atoms with Crippen molar-refractivity contribution in [3.8, 4) is 11.5 Å². The Hall–Kier alpha value is -2.47. The molecule has 2 aliphatic rings. The van der Waals surface area contributed by atoms with E-state index in [1.165, 1.54) is 0 Å². The monoisotopic (exact) mass is 341 g/mol. The fraction of sp³-hybridized carbons (Fsp3) is 0.222. The Kier molecular flexibility index (Phi) is 3.90. The number of carboxylic acids is 1. The first-order chi connectivity index (χ1) is 11.7. The fourth-order valence-corrected chi connectivity index (χ4v) is 4.20. The molecule has 0 aliphatic carbocycles. The maximum atomic E-state index is 11.3. The van der Waals surface area contributed by atoms with E-state index in [0.717, 1.165) is 21.9 Å². The highest BCUT2D eigenvalue weighted by Gasteiger charge is 2.29. The molecular formula is C18H15NO4S. The summed E-state index contributed by atoms with van der Waals surface area (Å²) in [5, 5.41) is 9.23. The maximum Gasteiger partial charge on any atom is 0.304 e. The summed E-state index contributed by atoms with van der Waals surface area (Å²) in [7, 11) is 0. The largest absolute Gasteiger partial charge is 0.481 e. The third-order valence-corrected chi connectivity index (χ3v) is 5.52. The van der Waals surface area contributed by atoms with Crippen LogP contribution >= 0.6 is 11.8 Å². The zero-order chi connectivity index (χ0) is 16.5. The normalized spacial score (nSPS) is 21.2. The zero-order valence-corrected chi connectivity index (χ0v) is 13.5. The van der Waals surface area contributed by atoms with Crippen LogP contribution in [-0.2, 0) is 4.79 Å². The number of para-hydroxylation sites is 1. The molecule has 0 fully saturated rings. The van der Waals surface area contributed by atoms with Crippen LogP contribution < -0.4 is 9.47 Å². The number of fused-ring (bicyclic) bond motifs is 2. The SMILES string of the molecule is O=C(O)CC1C=Nc2ccccc2SC1c1ccc2c(c1)OCO2. The molecule has 4 rings (SSSR count). The molecule has 0 bridgehead atoms. The van der Waals surface area contributed by atoms with Crippen molar-refractivity contribution in [1.82, 2.24) is 0 Å². The van der Waals surface area contributed by atoms with E-state index >= 15 is 0 Å². The molecule has 0 saturated carbocycles. The van der Waals surface area contributed by atoms with Crippen LogP contribution in [0.1, 0.15) is 17.2 Å². The highest BCUT2D eigenvalue weighted by molar-refractivity contribution is 7.99. The lowest BCUT2D eigenvalue weighted by Crippen LogP contribution is -2.15. The molecule has 1 N–H and O–H groups in total. The van der Waals surface area contributed by atoms with Gasteiger partial charge in [0.1, 0.15) is 0 Å². The summed E-state index contributed by atoms with van der Waals surface area (Å²) in [4.78, 5) is 16.9. The number of hydrogen-bond acceptors (Lipinski definition) is 5. The van der Waals surface area contributed by atoms with Crippen LogP contribution in [-0.4, -0.2) is 24.1 Å². The Morgan fingerprint density at radius 3 is 2.92 bits per heavy atom. The van der Waals surface area contributed by atoms with E-state index in [9.17, 15) is 9.90 Å². The molecule has 5 nitrogen and oxygen atoms in total. The van der Waals surface area contributed by atoms with Crippen molar-refractivity contribution in [1.29, 1.82) is 0 Å². The highest BCUT2D eigenvalue weighted by Crippen LogP contribution is 2.48. The number of nitrogens with zero attached hydrogens (tertiary/aromatic N) is 1. The summed E-state index contributed by atoms with van der Waals surface area (Å²) >= 11 is 1.64. The van der Waals surface area contributed by atoms with Gasteiger partial charge < -0.3 is 14.6 Å². The molecule has 0 saturated heterocycles. The van der Waals surface area contributed by atoms with Crippen LogP contribution in [0.3, 0.4) is 0 Å². The minimum atomic E-state index is -0.830. The first-order valence-corrected chi connectivity index (χ1v) is 8.50. The molecule has 2 aliphatic heterocycles. The first-order valence-electron chi connectivity index (χ1n) is 7.62. The molecular weight excluding hydrogens is 326 g/mol. The minimum Gasteiger partial charge on any atom is -0.481 e. The lowest BCUT2D eigenvalue weighted by atomic mass is 9.96. The van der Waals surface area contributed by atoms with E-state index in [4.69, 9.17) is 9.47 Å². The third kappa shape index (κ3) is 2.85. The Morgan fingerprint density at radius 2 is 2.04 bits per heavy atom. The van der Waals surface area contributed by atoms with E-state index in [1.54, 1.807) is 18.0 Å². The number of carboxylic acid groups (broad SMARTS) is 1. The molecule has 0 aromatic heterocycles. The molecule has 122 valence electrons. The maximum absolute atomic E-state index is 11.3. The summed E-state index contributed by atoms with van der Waals surface area (Å²) in [6, 6.07) is 13.7.